The maximum Gasteiger partial charge on any atom is 0.262 e. The van der Waals surface area contributed by atoms with Gasteiger partial charge in [-0.2, -0.15) is 0 Å². The molecule has 0 bridgehead atoms. The molecule has 1 aromatic carbocycles. The van der Waals surface area contributed by atoms with E-state index in [0.29, 0.717) is 10.6 Å². The Labute approximate surface area is 121 Å². The monoisotopic (exact) mass is 310 g/mol. The molecule has 0 aliphatic rings. The second kappa shape index (κ2) is 5.64. The van der Waals surface area contributed by atoms with Gasteiger partial charge in [0, 0.05) is 18.1 Å². The lowest BCUT2D eigenvalue weighted by Gasteiger charge is -2.06. The Balaban J connectivity index is 2.27. The van der Waals surface area contributed by atoms with Crippen molar-refractivity contribution in [3.05, 3.63) is 46.2 Å². The number of anilines is 1. The number of carbonyl (C=O) groups is 1. The molecule has 0 unspecified atom stereocenters. The first-order chi connectivity index (χ1) is 9.42. The summed E-state index contributed by atoms with van der Waals surface area (Å²) in [6.45, 7) is 1.88. The van der Waals surface area contributed by atoms with Crippen LogP contribution >= 0.6 is 11.3 Å². The zero-order valence-electron chi connectivity index (χ0n) is 11.0. The minimum Gasteiger partial charge on any atom is -0.354 e. The Morgan fingerprint density at radius 3 is 2.65 bits per heavy atom. The summed E-state index contributed by atoms with van der Waals surface area (Å²) in [5.74, 6) is -0.299. The molecule has 1 aromatic heterocycles. The third-order valence-corrected chi connectivity index (χ3v) is 5.05. The average Bonchev–Trinajstić information content (AvgIpc) is 2.87. The number of amides is 1. The Bertz CT molecular complexity index is 736. The highest BCUT2D eigenvalue weighted by molar-refractivity contribution is 7.92. The van der Waals surface area contributed by atoms with Gasteiger partial charge in [0.2, 0.25) is 0 Å². The van der Waals surface area contributed by atoms with E-state index in [1.54, 1.807) is 18.2 Å². The van der Waals surface area contributed by atoms with E-state index in [0.717, 1.165) is 16.9 Å². The van der Waals surface area contributed by atoms with Crippen molar-refractivity contribution in [2.75, 3.05) is 11.8 Å². The van der Waals surface area contributed by atoms with E-state index >= 15 is 0 Å². The van der Waals surface area contributed by atoms with E-state index in [9.17, 15) is 13.2 Å². The molecule has 0 aliphatic heterocycles. The second-order valence-electron chi connectivity index (χ2n) is 4.20. The first kappa shape index (κ1) is 14.5. The van der Waals surface area contributed by atoms with Crippen molar-refractivity contribution in [1.82, 2.24) is 5.32 Å². The topological polar surface area (TPSA) is 75.3 Å². The molecule has 2 N–H and O–H groups in total. The number of aryl methyl sites for hydroxylation is 1. The normalized spacial score (nSPS) is 11.1. The van der Waals surface area contributed by atoms with Crippen LogP contribution in [-0.2, 0) is 10.0 Å². The quantitative estimate of drug-likeness (QED) is 0.909. The van der Waals surface area contributed by atoms with Crippen molar-refractivity contribution < 1.29 is 13.2 Å². The van der Waals surface area contributed by atoms with Gasteiger partial charge in [-0.15, -0.1) is 11.3 Å². The van der Waals surface area contributed by atoms with Crippen LogP contribution in [0.15, 0.2) is 40.6 Å². The molecular formula is C13H14N2O3S2. The number of hydrogen-bond acceptors (Lipinski definition) is 4. The van der Waals surface area contributed by atoms with Gasteiger partial charge in [-0.25, -0.2) is 8.42 Å². The lowest BCUT2D eigenvalue weighted by atomic mass is 10.2. The number of benzene rings is 1. The molecule has 1 amide bonds. The molecule has 0 saturated heterocycles. The minimum absolute atomic E-state index is 0.0857. The molecule has 7 heteroatoms. The van der Waals surface area contributed by atoms with Crippen molar-refractivity contribution in [3.63, 3.8) is 0 Å². The maximum atomic E-state index is 12.2. The standard InChI is InChI=1S/C13H14N2O3S2/c1-9-4-3-5-10(6-9)15-20(17,18)11-7-12(19-8-11)13(16)14-2/h3-8,15H,1-2H3,(H,14,16). The lowest BCUT2D eigenvalue weighted by molar-refractivity contribution is 0.0967. The molecule has 0 atom stereocenters. The zero-order valence-corrected chi connectivity index (χ0v) is 12.6. The maximum absolute atomic E-state index is 12.2. The van der Waals surface area contributed by atoms with Crippen LogP contribution in [0.3, 0.4) is 0 Å². The van der Waals surface area contributed by atoms with Crippen molar-refractivity contribution in [1.29, 1.82) is 0 Å². The van der Waals surface area contributed by atoms with Crippen LogP contribution in [0.5, 0.6) is 0 Å². The molecule has 106 valence electrons. The van der Waals surface area contributed by atoms with Gasteiger partial charge in [0.25, 0.3) is 15.9 Å². The summed E-state index contributed by atoms with van der Waals surface area (Å²) in [6.07, 6.45) is 0. The summed E-state index contributed by atoms with van der Waals surface area (Å²) in [5.41, 5.74) is 1.46. The van der Waals surface area contributed by atoms with Crippen LogP contribution in [0, 0.1) is 6.92 Å². The van der Waals surface area contributed by atoms with E-state index < -0.39 is 10.0 Å². The van der Waals surface area contributed by atoms with Gasteiger partial charge in [-0.1, -0.05) is 12.1 Å². The van der Waals surface area contributed by atoms with Gasteiger partial charge in [-0.3, -0.25) is 9.52 Å². The van der Waals surface area contributed by atoms with E-state index in [1.807, 2.05) is 13.0 Å². The van der Waals surface area contributed by atoms with Crippen LogP contribution < -0.4 is 10.0 Å². The average molecular weight is 310 g/mol. The smallest absolute Gasteiger partial charge is 0.262 e. The van der Waals surface area contributed by atoms with E-state index in [4.69, 9.17) is 0 Å². The summed E-state index contributed by atoms with van der Waals surface area (Å²) in [6, 6.07) is 8.44. The van der Waals surface area contributed by atoms with Crippen molar-refractivity contribution in [3.8, 4) is 0 Å². The molecule has 20 heavy (non-hydrogen) atoms. The first-order valence-corrected chi connectivity index (χ1v) is 8.19. The van der Waals surface area contributed by atoms with Crippen molar-refractivity contribution in [2.45, 2.75) is 11.8 Å². The van der Waals surface area contributed by atoms with Gasteiger partial charge >= 0.3 is 0 Å². The molecule has 0 spiro atoms. The van der Waals surface area contributed by atoms with Crippen molar-refractivity contribution in [2.24, 2.45) is 0 Å². The predicted molar refractivity (Wildman–Crippen MR) is 79.7 cm³/mol. The van der Waals surface area contributed by atoms with Crippen LogP contribution in [0.4, 0.5) is 5.69 Å². The number of hydrogen-bond donors (Lipinski definition) is 2. The van der Waals surface area contributed by atoms with E-state index in [2.05, 4.69) is 10.0 Å². The van der Waals surface area contributed by atoms with Gasteiger partial charge < -0.3 is 5.32 Å². The Morgan fingerprint density at radius 2 is 2.00 bits per heavy atom. The predicted octanol–water partition coefficient (Wildman–Crippen LogP) is 2.22. The number of sulfonamides is 1. The SMILES string of the molecule is CNC(=O)c1cc(S(=O)(=O)Nc2cccc(C)c2)cs1. The van der Waals surface area contributed by atoms with Crippen LogP contribution in [0.25, 0.3) is 0 Å². The third-order valence-electron chi connectivity index (χ3n) is 2.61. The van der Waals surface area contributed by atoms with Crippen LogP contribution in [0.1, 0.15) is 15.2 Å². The summed E-state index contributed by atoms with van der Waals surface area (Å²) < 4.78 is 26.9. The molecule has 0 saturated carbocycles. The molecule has 1 heterocycles. The highest BCUT2D eigenvalue weighted by atomic mass is 32.2. The van der Waals surface area contributed by atoms with Crippen LogP contribution in [-0.4, -0.2) is 21.4 Å². The molecule has 5 nitrogen and oxygen atoms in total. The minimum atomic E-state index is -3.67. The van der Waals surface area contributed by atoms with Gasteiger partial charge in [-0.05, 0) is 30.7 Å². The Hall–Kier alpha value is -1.86. The first-order valence-electron chi connectivity index (χ1n) is 5.82. The zero-order chi connectivity index (χ0) is 14.8. The number of thiophene rings is 1. The Morgan fingerprint density at radius 1 is 1.25 bits per heavy atom. The van der Waals surface area contributed by atoms with E-state index in [1.165, 1.54) is 18.5 Å². The largest absolute Gasteiger partial charge is 0.354 e. The molecular weight excluding hydrogens is 296 g/mol. The van der Waals surface area contributed by atoms with Gasteiger partial charge in [0.05, 0.1) is 9.77 Å². The second-order valence-corrected chi connectivity index (χ2v) is 6.79. The third kappa shape index (κ3) is 3.17. The molecule has 0 aliphatic carbocycles. The highest BCUT2D eigenvalue weighted by Gasteiger charge is 2.18. The summed E-state index contributed by atoms with van der Waals surface area (Å²) >= 11 is 1.09. The van der Waals surface area contributed by atoms with E-state index in [-0.39, 0.29) is 10.8 Å². The molecule has 0 radical (unpaired) electrons. The lowest BCUT2D eigenvalue weighted by Crippen LogP contribution is -2.16. The highest BCUT2D eigenvalue weighted by Crippen LogP contribution is 2.22. The number of carbonyl (C=O) groups excluding carboxylic acids is 1. The number of nitrogens with one attached hydrogen (secondary N) is 2. The fourth-order valence-electron chi connectivity index (χ4n) is 1.62. The van der Waals surface area contributed by atoms with Gasteiger partial charge in [0.15, 0.2) is 0 Å². The number of rotatable bonds is 4. The molecule has 0 fully saturated rings. The molecule has 2 aromatic rings. The fraction of sp³-hybridized carbons (Fsp3) is 0.154. The summed E-state index contributed by atoms with van der Waals surface area (Å²) in [7, 11) is -2.17. The summed E-state index contributed by atoms with van der Waals surface area (Å²) in [4.78, 5) is 11.9. The Kier molecular flexibility index (Phi) is 4.10. The van der Waals surface area contributed by atoms with Gasteiger partial charge in [0.1, 0.15) is 0 Å². The molecule has 2 rings (SSSR count). The summed E-state index contributed by atoms with van der Waals surface area (Å²) in [5, 5.41) is 3.91. The van der Waals surface area contributed by atoms with Crippen LogP contribution in [0.2, 0.25) is 0 Å². The fourth-order valence-corrected chi connectivity index (χ4v) is 3.89. The van der Waals surface area contributed by atoms with Crippen molar-refractivity contribution >= 4 is 33.0 Å².